The maximum absolute atomic E-state index is 12.7. The second-order valence-electron chi connectivity index (χ2n) is 7.52. The van der Waals surface area contributed by atoms with Crippen LogP contribution in [-0.4, -0.2) is 54.4 Å². The first-order valence-electron chi connectivity index (χ1n) is 10.8. The molecule has 0 atom stereocenters. The van der Waals surface area contributed by atoms with E-state index in [9.17, 15) is 17.8 Å². The molecular weight excluding hydrogens is 502 g/mol. The van der Waals surface area contributed by atoms with Gasteiger partial charge in [-0.1, -0.05) is 0 Å². The molecule has 0 heterocycles. The summed E-state index contributed by atoms with van der Waals surface area (Å²) in [4.78, 5) is 12.4. The summed E-state index contributed by atoms with van der Waals surface area (Å²) in [5.41, 5.74) is 1.33. The van der Waals surface area contributed by atoms with E-state index in [1.807, 2.05) is 0 Å². The molecule has 11 heteroatoms. The molecule has 2 N–H and O–H groups in total. The van der Waals surface area contributed by atoms with E-state index in [-0.39, 0.29) is 10.5 Å². The Morgan fingerprint density at radius 1 is 0.757 bits per heavy atom. The van der Waals surface area contributed by atoms with Gasteiger partial charge in [-0.15, -0.1) is 0 Å². The molecule has 3 aromatic rings. The number of ether oxygens (including phenoxy) is 5. The van der Waals surface area contributed by atoms with Gasteiger partial charge in [-0.05, 0) is 42.5 Å². The van der Waals surface area contributed by atoms with E-state index >= 15 is 0 Å². The number of nitrogens with one attached hydrogen (secondary N) is 1. The number of amides is 1. The lowest BCUT2D eigenvalue weighted by molar-refractivity contribution is -0.111. The van der Waals surface area contributed by atoms with Crippen molar-refractivity contribution in [2.75, 3.05) is 40.9 Å². The predicted octanol–water partition coefficient (Wildman–Crippen LogP) is 4.30. The number of carbonyl (C=O) groups is 1. The highest BCUT2D eigenvalue weighted by atomic mass is 32.2. The highest BCUT2D eigenvalue weighted by Gasteiger charge is 2.21. The predicted molar refractivity (Wildman–Crippen MR) is 139 cm³/mol. The van der Waals surface area contributed by atoms with Gasteiger partial charge in [-0.25, -0.2) is 0 Å². The van der Waals surface area contributed by atoms with Crippen LogP contribution in [0.3, 0.4) is 0 Å². The zero-order valence-corrected chi connectivity index (χ0v) is 21.7. The molecule has 0 unspecified atom stereocenters. The zero-order valence-electron chi connectivity index (χ0n) is 20.9. The van der Waals surface area contributed by atoms with Crippen molar-refractivity contribution in [3.63, 3.8) is 0 Å². The molecule has 0 saturated carbocycles. The number of rotatable bonds is 10. The van der Waals surface area contributed by atoms with Crippen LogP contribution in [0.4, 0.5) is 5.69 Å². The molecule has 0 aliphatic carbocycles. The van der Waals surface area contributed by atoms with Gasteiger partial charge in [-0.3, -0.25) is 9.35 Å². The van der Waals surface area contributed by atoms with Gasteiger partial charge in [0, 0.05) is 35.0 Å². The molecule has 0 aliphatic heterocycles. The van der Waals surface area contributed by atoms with E-state index in [0.29, 0.717) is 45.6 Å². The molecule has 0 aromatic heterocycles. The Balaban J connectivity index is 1.98. The molecule has 0 radical (unpaired) electrons. The second kappa shape index (κ2) is 11.7. The van der Waals surface area contributed by atoms with Crippen LogP contribution in [0.25, 0.3) is 17.2 Å². The molecule has 3 aromatic carbocycles. The summed E-state index contributed by atoms with van der Waals surface area (Å²) < 4.78 is 60.4. The Labute approximate surface area is 215 Å². The highest BCUT2D eigenvalue weighted by Crippen LogP contribution is 2.39. The molecule has 1 amide bonds. The Bertz CT molecular complexity index is 1410. The fraction of sp³-hybridized carbons (Fsp3) is 0.192. The Morgan fingerprint density at radius 3 is 1.92 bits per heavy atom. The van der Waals surface area contributed by atoms with Gasteiger partial charge < -0.3 is 29.0 Å². The van der Waals surface area contributed by atoms with Crippen molar-refractivity contribution in [2.45, 2.75) is 4.90 Å². The van der Waals surface area contributed by atoms with E-state index in [1.165, 1.54) is 72.0 Å². The highest BCUT2D eigenvalue weighted by molar-refractivity contribution is 7.86. The largest absolute Gasteiger partial charge is 0.497 e. The smallest absolute Gasteiger partial charge is 0.295 e. The second-order valence-corrected chi connectivity index (χ2v) is 8.91. The van der Waals surface area contributed by atoms with Crippen molar-refractivity contribution < 1.29 is 41.4 Å². The van der Waals surface area contributed by atoms with Crippen LogP contribution in [-0.2, 0) is 14.9 Å². The minimum absolute atomic E-state index is 0.137. The van der Waals surface area contributed by atoms with Gasteiger partial charge in [0.15, 0.2) is 0 Å². The number of hydrogen-bond acceptors (Lipinski definition) is 8. The third kappa shape index (κ3) is 6.32. The minimum atomic E-state index is -4.57. The van der Waals surface area contributed by atoms with Crippen LogP contribution < -0.4 is 29.0 Å². The van der Waals surface area contributed by atoms with Crippen molar-refractivity contribution in [3.05, 3.63) is 60.2 Å². The first-order valence-corrected chi connectivity index (χ1v) is 12.2. The SMILES string of the molecule is COc1cc(OC)c(C=CC(=O)Nc2ccc(OC)c(-c3cc(OC)ccc3S(=O)(=O)O)c2)c(OC)c1. The quantitative estimate of drug-likeness (QED) is 0.292. The topological polar surface area (TPSA) is 130 Å². The van der Waals surface area contributed by atoms with Crippen LogP contribution in [0.5, 0.6) is 28.7 Å². The number of anilines is 1. The van der Waals surface area contributed by atoms with Crippen molar-refractivity contribution in [1.82, 2.24) is 0 Å². The third-order valence-corrected chi connectivity index (χ3v) is 6.29. The average molecular weight is 530 g/mol. The number of benzene rings is 3. The molecule has 37 heavy (non-hydrogen) atoms. The molecule has 10 nitrogen and oxygen atoms in total. The summed E-state index contributed by atoms with van der Waals surface area (Å²) in [7, 11) is 2.78. The first-order chi connectivity index (χ1) is 17.6. The summed E-state index contributed by atoms with van der Waals surface area (Å²) in [6.45, 7) is 0. The molecular formula is C26H27NO9S. The average Bonchev–Trinajstić information content (AvgIpc) is 2.90. The van der Waals surface area contributed by atoms with E-state index in [0.717, 1.165) is 0 Å². The van der Waals surface area contributed by atoms with Crippen LogP contribution in [0.15, 0.2) is 59.5 Å². The fourth-order valence-electron chi connectivity index (χ4n) is 3.61. The van der Waals surface area contributed by atoms with Crippen molar-refractivity contribution in [2.24, 2.45) is 0 Å². The Kier molecular flexibility index (Phi) is 8.64. The van der Waals surface area contributed by atoms with Gasteiger partial charge in [0.2, 0.25) is 5.91 Å². The normalized spacial score (nSPS) is 11.2. The van der Waals surface area contributed by atoms with Crippen LogP contribution >= 0.6 is 0 Å². The lowest BCUT2D eigenvalue weighted by atomic mass is 10.0. The van der Waals surface area contributed by atoms with Gasteiger partial charge in [-0.2, -0.15) is 8.42 Å². The molecule has 0 fully saturated rings. The van der Waals surface area contributed by atoms with Gasteiger partial charge in [0.25, 0.3) is 10.1 Å². The maximum atomic E-state index is 12.7. The summed E-state index contributed by atoms with van der Waals surface area (Å²) in [5, 5.41) is 2.73. The fourth-order valence-corrected chi connectivity index (χ4v) is 4.29. The molecule has 0 bridgehead atoms. The minimum Gasteiger partial charge on any atom is -0.497 e. The van der Waals surface area contributed by atoms with Gasteiger partial charge in [0.1, 0.15) is 33.6 Å². The van der Waals surface area contributed by atoms with Crippen LogP contribution in [0.2, 0.25) is 0 Å². The Morgan fingerprint density at radius 2 is 1.38 bits per heavy atom. The van der Waals surface area contributed by atoms with E-state index in [2.05, 4.69) is 5.32 Å². The summed E-state index contributed by atoms with van der Waals surface area (Å²) in [6.07, 6.45) is 2.83. The Hall–Kier alpha value is -4.22. The summed E-state index contributed by atoms with van der Waals surface area (Å²) in [5.74, 6) is 1.63. The molecule has 0 saturated heterocycles. The summed E-state index contributed by atoms with van der Waals surface area (Å²) in [6, 6.07) is 12.1. The van der Waals surface area contributed by atoms with Crippen LogP contribution in [0.1, 0.15) is 5.56 Å². The monoisotopic (exact) mass is 529 g/mol. The molecule has 0 spiro atoms. The molecule has 3 rings (SSSR count). The van der Waals surface area contributed by atoms with E-state index in [4.69, 9.17) is 23.7 Å². The maximum Gasteiger partial charge on any atom is 0.295 e. The lowest BCUT2D eigenvalue weighted by Gasteiger charge is -2.15. The van der Waals surface area contributed by atoms with Crippen molar-refractivity contribution in [1.29, 1.82) is 0 Å². The number of carbonyl (C=O) groups excluding carboxylic acids is 1. The first kappa shape index (κ1) is 27.4. The standard InChI is InChI=1S/C26H27NO9S/c1-32-17-7-10-25(37(29,30)31)21(13-17)20-12-16(6-9-22(20)34-3)27-26(28)11-8-19-23(35-4)14-18(33-2)15-24(19)36-5/h6-15H,1-5H3,(H,27,28)(H,29,30,31). The van der Waals surface area contributed by atoms with Crippen molar-refractivity contribution in [3.8, 4) is 39.9 Å². The zero-order chi connectivity index (χ0) is 27.2. The van der Waals surface area contributed by atoms with Crippen molar-refractivity contribution >= 4 is 27.8 Å². The van der Waals surface area contributed by atoms with E-state index in [1.54, 1.807) is 24.3 Å². The lowest BCUT2D eigenvalue weighted by Crippen LogP contribution is -2.08. The number of hydrogen-bond donors (Lipinski definition) is 2. The van der Waals surface area contributed by atoms with Gasteiger partial charge >= 0.3 is 0 Å². The summed E-state index contributed by atoms with van der Waals surface area (Å²) >= 11 is 0. The molecule has 0 aliphatic rings. The third-order valence-electron chi connectivity index (χ3n) is 5.38. The number of methoxy groups -OCH3 is 5. The van der Waals surface area contributed by atoms with Crippen LogP contribution in [0, 0.1) is 0 Å². The van der Waals surface area contributed by atoms with Gasteiger partial charge in [0.05, 0.1) is 41.1 Å². The molecule has 196 valence electrons. The van der Waals surface area contributed by atoms with E-state index < -0.39 is 16.0 Å².